The largest absolute Gasteiger partial charge is 0.451 e. The molecule has 0 fully saturated rings. The molecule has 0 radical (unpaired) electrons. The second kappa shape index (κ2) is 8.32. The van der Waals surface area contributed by atoms with Gasteiger partial charge in [-0.2, -0.15) is 0 Å². The third-order valence-corrected chi connectivity index (χ3v) is 6.05. The number of carbonyl (C=O) groups is 4. The van der Waals surface area contributed by atoms with Gasteiger partial charge in [-0.3, -0.25) is 24.1 Å². The minimum atomic E-state index is -1.07. The lowest BCUT2D eigenvalue weighted by atomic mass is 10.0. The number of halogens is 2. The molecule has 0 aliphatic carbocycles. The Morgan fingerprint density at radius 3 is 2.32 bits per heavy atom. The van der Waals surface area contributed by atoms with Gasteiger partial charge in [0.15, 0.2) is 6.10 Å². The fraction of sp³-hybridized carbons (Fsp3) is 0.273. The molecule has 0 aromatic heterocycles. The monoisotopic (exact) mass is 460 g/mol. The summed E-state index contributed by atoms with van der Waals surface area (Å²) in [5.74, 6) is -2.56. The van der Waals surface area contributed by atoms with Gasteiger partial charge in [0.1, 0.15) is 6.54 Å². The van der Waals surface area contributed by atoms with Crippen LogP contribution < -0.4 is 4.90 Å². The maximum Gasteiger partial charge on any atom is 0.326 e. The van der Waals surface area contributed by atoms with Crippen LogP contribution in [-0.2, 0) is 20.7 Å². The van der Waals surface area contributed by atoms with Crippen molar-refractivity contribution in [3.63, 3.8) is 0 Å². The molecule has 2 aromatic rings. The molecule has 7 nitrogen and oxygen atoms in total. The van der Waals surface area contributed by atoms with Crippen LogP contribution in [0.5, 0.6) is 0 Å². The SMILES string of the molecule is CC(OC(=O)CN1C(=O)c2cc(Cl)c(Cl)cc2C1=O)C(=O)N1CCCc2ccccc21. The summed E-state index contributed by atoms with van der Waals surface area (Å²) < 4.78 is 5.26. The molecule has 0 saturated carbocycles. The zero-order valence-electron chi connectivity index (χ0n) is 16.6. The molecule has 2 aliphatic rings. The third kappa shape index (κ3) is 3.91. The lowest BCUT2D eigenvalue weighted by Crippen LogP contribution is -2.44. The Morgan fingerprint density at radius 1 is 1.06 bits per heavy atom. The van der Waals surface area contributed by atoms with Crippen molar-refractivity contribution in [2.75, 3.05) is 18.0 Å². The first kappa shape index (κ1) is 21.3. The van der Waals surface area contributed by atoms with E-state index >= 15 is 0 Å². The van der Waals surface area contributed by atoms with Crippen LogP contribution >= 0.6 is 23.2 Å². The normalized spacial score (nSPS) is 16.1. The van der Waals surface area contributed by atoms with Crippen LogP contribution in [0.25, 0.3) is 0 Å². The van der Waals surface area contributed by atoms with Crippen LogP contribution in [-0.4, -0.2) is 47.8 Å². The Morgan fingerprint density at radius 2 is 1.68 bits per heavy atom. The van der Waals surface area contributed by atoms with Crippen LogP contribution in [0.15, 0.2) is 36.4 Å². The number of esters is 1. The number of fused-ring (bicyclic) bond motifs is 2. The Bertz CT molecular complexity index is 1080. The zero-order valence-corrected chi connectivity index (χ0v) is 18.1. The average Bonchev–Trinajstić information content (AvgIpc) is 2.97. The smallest absolute Gasteiger partial charge is 0.326 e. The highest BCUT2D eigenvalue weighted by atomic mass is 35.5. The highest BCUT2D eigenvalue weighted by Gasteiger charge is 2.38. The quantitative estimate of drug-likeness (QED) is 0.514. The molecule has 9 heteroatoms. The van der Waals surface area contributed by atoms with Gasteiger partial charge in [-0.1, -0.05) is 41.4 Å². The summed E-state index contributed by atoms with van der Waals surface area (Å²) in [6.45, 7) is 1.38. The molecule has 31 heavy (non-hydrogen) atoms. The molecule has 0 saturated heterocycles. The highest BCUT2D eigenvalue weighted by molar-refractivity contribution is 6.43. The van der Waals surface area contributed by atoms with E-state index < -0.39 is 30.4 Å². The molecule has 2 aliphatic heterocycles. The fourth-order valence-electron chi connectivity index (χ4n) is 3.82. The molecule has 3 amide bonds. The van der Waals surface area contributed by atoms with Crippen LogP contribution in [0, 0.1) is 0 Å². The number of hydrogen-bond acceptors (Lipinski definition) is 5. The Hall–Kier alpha value is -2.90. The first-order chi connectivity index (χ1) is 14.8. The van der Waals surface area contributed by atoms with Crippen molar-refractivity contribution in [2.45, 2.75) is 25.9 Å². The van der Waals surface area contributed by atoms with Gasteiger partial charge in [-0.25, -0.2) is 0 Å². The van der Waals surface area contributed by atoms with Crippen molar-refractivity contribution in [3.8, 4) is 0 Å². The summed E-state index contributed by atoms with van der Waals surface area (Å²) in [7, 11) is 0. The summed E-state index contributed by atoms with van der Waals surface area (Å²) in [6, 6.07) is 10.2. The van der Waals surface area contributed by atoms with Gasteiger partial charge in [-0.15, -0.1) is 0 Å². The third-order valence-electron chi connectivity index (χ3n) is 5.33. The number of rotatable bonds is 4. The van der Waals surface area contributed by atoms with Crippen molar-refractivity contribution >= 4 is 52.6 Å². The van der Waals surface area contributed by atoms with E-state index in [2.05, 4.69) is 0 Å². The Kier molecular flexibility index (Phi) is 5.73. The van der Waals surface area contributed by atoms with Crippen LogP contribution in [0.2, 0.25) is 10.0 Å². The van der Waals surface area contributed by atoms with E-state index in [1.807, 2.05) is 24.3 Å². The summed E-state index contributed by atoms with van der Waals surface area (Å²) >= 11 is 11.8. The Balaban J connectivity index is 1.43. The summed E-state index contributed by atoms with van der Waals surface area (Å²) in [4.78, 5) is 52.7. The summed E-state index contributed by atoms with van der Waals surface area (Å²) in [6.07, 6.45) is 0.614. The van der Waals surface area contributed by atoms with Gasteiger partial charge in [0, 0.05) is 12.2 Å². The van der Waals surface area contributed by atoms with Crippen molar-refractivity contribution in [3.05, 3.63) is 63.1 Å². The number of aryl methyl sites for hydroxylation is 1. The molecule has 4 rings (SSSR count). The van der Waals surface area contributed by atoms with E-state index in [1.54, 1.807) is 4.90 Å². The molecule has 160 valence electrons. The van der Waals surface area contributed by atoms with Crippen molar-refractivity contribution < 1.29 is 23.9 Å². The zero-order chi connectivity index (χ0) is 22.3. The summed E-state index contributed by atoms with van der Waals surface area (Å²) in [5.41, 5.74) is 2.00. The number of ether oxygens (including phenoxy) is 1. The lowest BCUT2D eigenvalue weighted by molar-refractivity contribution is -0.154. The van der Waals surface area contributed by atoms with Gasteiger partial charge in [0.2, 0.25) is 0 Å². The van der Waals surface area contributed by atoms with Crippen molar-refractivity contribution in [1.82, 2.24) is 4.90 Å². The molecule has 1 atom stereocenters. The van der Waals surface area contributed by atoms with Crippen LogP contribution in [0.3, 0.4) is 0 Å². The van der Waals surface area contributed by atoms with E-state index in [-0.39, 0.29) is 27.1 Å². The molecule has 1 unspecified atom stereocenters. The predicted octanol–water partition coefficient (Wildman–Crippen LogP) is 3.50. The minimum absolute atomic E-state index is 0.0706. The fourth-order valence-corrected chi connectivity index (χ4v) is 4.15. The van der Waals surface area contributed by atoms with E-state index in [0.29, 0.717) is 6.54 Å². The highest BCUT2D eigenvalue weighted by Crippen LogP contribution is 2.31. The number of imide groups is 1. The van der Waals surface area contributed by atoms with Gasteiger partial charge >= 0.3 is 5.97 Å². The van der Waals surface area contributed by atoms with Gasteiger partial charge in [-0.05, 0) is 43.5 Å². The standard InChI is InChI=1S/C22H18Cl2N2O5/c1-12(20(28)25-8-4-6-13-5-2-3-7-18(13)25)31-19(27)11-26-21(29)14-9-16(23)17(24)10-15(14)22(26)30/h2-3,5,7,9-10,12H,4,6,8,11H2,1H3. The molecular weight excluding hydrogens is 443 g/mol. The number of benzene rings is 2. The molecular formula is C22H18Cl2N2O5. The van der Waals surface area contributed by atoms with E-state index in [4.69, 9.17) is 27.9 Å². The topological polar surface area (TPSA) is 84.0 Å². The number of carbonyl (C=O) groups excluding carboxylic acids is 4. The molecule has 0 N–H and O–H groups in total. The number of para-hydroxylation sites is 1. The van der Waals surface area contributed by atoms with Gasteiger partial charge < -0.3 is 9.64 Å². The first-order valence-corrected chi connectivity index (χ1v) is 10.5. The molecule has 2 heterocycles. The van der Waals surface area contributed by atoms with Crippen LogP contribution in [0.4, 0.5) is 5.69 Å². The van der Waals surface area contributed by atoms with E-state index in [9.17, 15) is 19.2 Å². The number of nitrogens with zero attached hydrogens (tertiary/aromatic N) is 2. The second-order valence-electron chi connectivity index (χ2n) is 7.36. The second-order valence-corrected chi connectivity index (χ2v) is 8.18. The minimum Gasteiger partial charge on any atom is -0.451 e. The predicted molar refractivity (Wildman–Crippen MR) is 114 cm³/mol. The first-order valence-electron chi connectivity index (χ1n) is 9.72. The molecule has 2 aromatic carbocycles. The Labute approximate surface area is 188 Å². The van der Waals surface area contributed by atoms with Crippen molar-refractivity contribution in [2.24, 2.45) is 0 Å². The number of amides is 3. The summed E-state index contributed by atoms with van der Waals surface area (Å²) in [5, 5.41) is 0.263. The lowest BCUT2D eigenvalue weighted by Gasteiger charge is -2.31. The molecule has 0 spiro atoms. The maximum atomic E-state index is 12.9. The molecule has 0 bridgehead atoms. The van der Waals surface area contributed by atoms with Crippen LogP contribution in [0.1, 0.15) is 39.6 Å². The van der Waals surface area contributed by atoms with Gasteiger partial charge in [0.25, 0.3) is 17.7 Å². The average molecular weight is 461 g/mol. The van der Waals surface area contributed by atoms with Crippen molar-refractivity contribution in [1.29, 1.82) is 0 Å². The number of anilines is 1. The van der Waals surface area contributed by atoms with E-state index in [1.165, 1.54) is 19.1 Å². The maximum absolute atomic E-state index is 12.9. The van der Waals surface area contributed by atoms with Gasteiger partial charge in [0.05, 0.1) is 21.2 Å². The number of hydrogen-bond donors (Lipinski definition) is 0. The van der Waals surface area contributed by atoms with E-state index in [0.717, 1.165) is 29.0 Å².